The molecule has 10 heteroatoms. The molecule has 2 aromatic heterocycles. The molecule has 4 rings (SSSR count). The van der Waals surface area contributed by atoms with E-state index in [1.54, 1.807) is 12.3 Å². The maximum atomic E-state index is 13.4. The molecular weight excluding hydrogens is 409 g/mol. The first-order valence-corrected chi connectivity index (χ1v) is 10.1. The minimum absolute atomic E-state index is 0.0212. The van der Waals surface area contributed by atoms with Gasteiger partial charge in [0, 0.05) is 25.2 Å². The van der Waals surface area contributed by atoms with Crippen molar-refractivity contribution in [3.63, 3.8) is 0 Å². The molecule has 0 spiro atoms. The third-order valence-corrected chi connectivity index (χ3v) is 5.53. The summed E-state index contributed by atoms with van der Waals surface area (Å²) in [5, 5.41) is 3.15. The van der Waals surface area contributed by atoms with Crippen molar-refractivity contribution in [3.05, 3.63) is 41.6 Å². The average molecular weight is 430 g/mol. The van der Waals surface area contributed by atoms with E-state index in [1.807, 2.05) is 0 Å². The largest absolute Gasteiger partial charge is 0.370 e. The number of halogens is 2. The van der Waals surface area contributed by atoms with Crippen LogP contribution in [0.3, 0.4) is 0 Å². The second kappa shape index (κ2) is 8.74. The number of rotatable bonds is 6. The van der Waals surface area contributed by atoms with Gasteiger partial charge in [-0.05, 0) is 43.4 Å². The number of nitrogens with one attached hydrogen (secondary N) is 1. The summed E-state index contributed by atoms with van der Waals surface area (Å²) in [6.07, 6.45) is 6.25. The van der Waals surface area contributed by atoms with Crippen LogP contribution in [0.5, 0.6) is 0 Å². The number of carbonyl (C=O) groups excluding carboxylic acids is 1. The molecule has 0 saturated carbocycles. The molecule has 1 saturated heterocycles. The molecule has 1 aromatic carbocycles. The predicted octanol–water partition coefficient (Wildman–Crippen LogP) is 3.44. The topological polar surface area (TPSA) is 110 Å². The summed E-state index contributed by atoms with van der Waals surface area (Å²) in [7, 11) is 0. The minimum atomic E-state index is -0.487. The van der Waals surface area contributed by atoms with Gasteiger partial charge in [0.1, 0.15) is 23.2 Å². The van der Waals surface area contributed by atoms with Gasteiger partial charge in [-0.3, -0.25) is 4.79 Å². The van der Waals surface area contributed by atoms with Gasteiger partial charge in [0.05, 0.1) is 11.2 Å². The van der Waals surface area contributed by atoms with Gasteiger partial charge in [0.2, 0.25) is 11.9 Å². The van der Waals surface area contributed by atoms with Crippen LogP contribution in [0.2, 0.25) is 5.02 Å². The van der Waals surface area contributed by atoms with Gasteiger partial charge in [-0.1, -0.05) is 11.6 Å². The van der Waals surface area contributed by atoms with Gasteiger partial charge < -0.3 is 16.0 Å². The second-order valence-corrected chi connectivity index (χ2v) is 7.72. The first-order chi connectivity index (χ1) is 14.5. The molecule has 8 nitrogen and oxygen atoms in total. The summed E-state index contributed by atoms with van der Waals surface area (Å²) < 4.78 is 13.4. The Balaban J connectivity index is 1.53. The van der Waals surface area contributed by atoms with Crippen LogP contribution in [0.1, 0.15) is 25.7 Å². The highest BCUT2D eigenvalue weighted by atomic mass is 35.5. The molecule has 0 unspecified atom stereocenters. The molecule has 1 amide bonds. The van der Waals surface area contributed by atoms with Crippen molar-refractivity contribution in [1.82, 2.24) is 19.9 Å². The van der Waals surface area contributed by atoms with E-state index in [0.29, 0.717) is 40.8 Å². The van der Waals surface area contributed by atoms with Crippen LogP contribution in [-0.4, -0.2) is 38.9 Å². The van der Waals surface area contributed by atoms with Gasteiger partial charge in [-0.15, -0.1) is 0 Å². The first-order valence-electron chi connectivity index (χ1n) is 9.72. The smallest absolute Gasteiger partial charge is 0.226 e. The molecule has 0 bridgehead atoms. The zero-order valence-electron chi connectivity index (χ0n) is 16.2. The number of benzene rings is 1. The first kappa shape index (κ1) is 20.2. The van der Waals surface area contributed by atoms with Crippen LogP contribution < -0.4 is 16.0 Å². The van der Waals surface area contributed by atoms with E-state index in [9.17, 15) is 9.18 Å². The van der Waals surface area contributed by atoms with E-state index in [0.717, 1.165) is 32.4 Å². The van der Waals surface area contributed by atoms with Crippen molar-refractivity contribution in [2.75, 3.05) is 23.3 Å². The lowest BCUT2D eigenvalue weighted by atomic mass is 9.92. The number of nitrogens with two attached hydrogens (primary N) is 1. The summed E-state index contributed by atoms with van der Waals surface area (Å²) in [4.78, 5) is 30.8. The van der Waals surface area contributed by atoms with Crippen molar-refractivity contribution in [1.29, 1.82) is 0 Å². The summed E-state index contributed by atoms with van der Waals surface area (Å²) in [6.45, 7) is 1.61. The quantitative estimate of drug-likeness (QED) is 0.617. The molecule has 0 radical (unpaired) electrons. The fourth-order valence-corrected chi connectivity index (χ4v) is 3.75. The number of amides is 1. The Morgan fingerprint density at radius 3 is 2.80 bits per heavy atom. The van der Waals surface area contributed by atoms with Gasteiger partial charge in [0.25, 0.3) is 0 Å². The predicted molar refractivity (Wildman–Crippen MR) is 113 cm³/mol. The van der Waals surface area contributed by atoms with E-state index in [2.05, 4.69) is 30.2 Å². The van der Waals surface area contributed by atoms with Crippen LogP contribution in [0.25, 0.3) is 11.0 Å². The molecule has 30 heavy (non-hydrogen) atoms. The number of aromatic nitrogens is 4. The van der Waals surface area contributed by atoms with E-state index in [1.165, 1.54) is 18.5 Å². The zero-order valence-corrected chi connectivity index (χ0v) is 16.9. The Hall–Kier alpha value is -3.07. The highest BCUT2D eigenvalue weighted by Crippen LogP contribution is 2.28. The number of nitrogens with zero attached hydrogens (tertiary/aromatic N) is 5. The van der Waals surface area contributed by atoms with E-state index in [4.69, 9.17) is 17.3 Å². The molecule has 1 fully saturated rings. The summed E-state index contributed by atoms with van der Waals surface area (Å²) in [5.41, 5.74) is 7.01. The SMILES string of the molecule is NC(=O)CCC1CCN(c2ncc3ncnc(Nc4ccc(F)c(Cl)c4)c3n2)CC1. The Bertz CT molecular complexity index is 1070. The fourth-order valence-electron chi connectivity index (χ4n) is 3.57. The van der Waals surface area contributed by atoms with Gasteiger partial charge in [-0.2, -0.15) is 0 Å². The standard InChI is InChI=1S/C20H21ClFN7O/c21-14-9-13(2-3-15(14)22)27-19-18-16(25-11-26-19)10-24-20(28-18)29-7-5-12(6-8-29)1-4-17(23)30/h2-3,9-12H,1,4-8H2,(H2,23,30)(H,25,26,27). The number of piperidine rings is 1. The van der Waals surface area contributed by atoms with Crippen molar-refractivity contribution in [3.8, 4) is 0 Å². The number of carbonyl (C=O) groups is 1. The third kappa shape index (κ3) is 4.56. The van der Waals surface area contributed by atoms with E-state index in [-0.39, 0.29) is 10.9 Å². The molecule has 1 aliphatic heterocycles. The highest BCUT2D eigenvalue weighted by Gasteiger charge is 2.22. The number of hydrogen-bond donors (Lipinski definition) is 2. The van der Waals surface area contributed by atoms with E-state index >= 15 is 0 Å². The maximum Gasteiger partial charge on any atom is 0.226 e. The molecule has 0 atom stereocenters. The number of anilines is 3. The van der Waals surface area contributed by atoms with Crippen LogP contribution in [0.4, 0.5) is 21.8 Å². The van der Waals surface area contributed by atoms with Crippen LogP contribution >= 0.6 is 11.6 Å². The van der Waals surface area contributed by atoms with Crippen LogP contribution in [-0.2, 0) is 4.79 Å². The lowest BCUT2D eigenvalue weighted by molar-refractivity contribution is -0.118. The molecule has 0 aliphatic carbocycles. The number of fused-ring (bicyclic) bond motifs is 1. The molecule has 3 N–H and O–H groups in total. The normalized spacial score (nSPS) is 14.8. The molecule has 3 aromatic rings. The number of primary amides is 1. The Morgan fingerprint density at radius 2 is 2.07 bits per heavy atom. The van der Waals surface area contributed by atoms with Gasteiger partial charge >= 0.3 is 0 Å². The average Bonchev–Trinajstić information content (AvgIpc) is 2.75. The number of hydrogen-bond acceptors (Lipinski definition) is 7. The van der Waals surface area contributed by atoms with Gasteiger partial charge in [-0.25, -0.2) is 24.3 Å². The zero-order chi connectivity index (χ0) is 21.1. The second-order valence-electron chi connectivity index (χ2n) is 7.32. The summed E-state index contributed by atoms with van der Waals surface area (Å²) >= 11 is 5.87. The Labute approximate surface area is 177 Å². The van der Waals surface area contributed by atoms with Crippen molar-refractivity contribution in [2.24, 2.45) is 11.7 Å². The monoisotopic (exact) mass is 429 g/mol. The summed E-state index contributed by atoms with van der Waals surface area (Å²) in [5.74, 6) is 0.836. The van der Waals surface area contributed by atoms with Gasteiger partial charge in [0.15, 0.2) is 5.82 Å². The van der Waals surface area contributed by atoms with E-state index < -0.39 is 5.82 Å². The molecular formula is C20H21ClFN7O. The van der Waals surface area contributed by atoms with Crippen molar-refractivity contribution >= 4 is 46.0 Å². The third-order valence-electron chi connectivity index (χ3n) is 5.24. The Kier molecular flexibility index (Phi) is 5.89. The fraction of sp³-hybridized carbons (Fsp3) is 0.350. The molecule has 1 aliphatic rings. The molecule has 156 valence electrons. The lowest BCUT2D eigenvalue weighted by Crippen LogP contribution is -2.35. The summed E-state index contributed by atoms with van der Waals surface area (Å²) in [6, 6.07) is 4.36. The van der Waals surface area contributed by atoms with Crippen LogP contribution in [0, 0.1) is 11.7 Å². The minimum Gasteiger partial charge on any atom is -0.370 e. The van der Waals surface area contributed by atoms with Crippen molar-refractivity contribution in [2.45, 2.75) is 25.7 Å². The Morgan fingerprint density at radius 1 is 1.27 bits per heavy atom. The van der Waals surface area contributed by atoms with Crippen molar-refractivity contribution < 1.29 is 9.18 Å². The lowest BCUT2D eigenvalue weighted by Gasteiger charge is -2.31. The van der Waals surface area contributed by atoms with Crippen LogP contribution in [0.15, 0.2) is 30.7 Å². The maximum absolute atomic E-state index is 13.4. The highest BCUT2D eigenvalue weighted by molar-refractivity contribution is 6.31. The molecule has 3 heterocycles.